The third-order valence-electron chi connectivity index (χ3n) is 3.62. The van der Waals surface area contributed by atoms with Gasteiger partial charge >= 0.3 is 0 Å². The molecule has 2 heteroatoms. The van der Waals surface area contributed by atoms with E-state index in [-0.39, 0.29) is 5.41 Å². The molecule has 0 saturated heterocycles. The smallest absolute Gasteiger partial charge is 0.123 e. The van der Waals surface area contributed by atoms with E-state index in [0.29, 0.717) is 11.9 Å². The summed E-state index contributed by atoms with van der Waals surface area (Å²) in [6.07, 6.45) is 6.54. The minimum absolute atomic E-state index is 0.0112. The summed E-state index contributed by atoms with van der Waals surface area (Å²) in [5.41, 5.74) is 1.08. The molecule has 0 unspecified atom stereocenters. The Bertz CT molecular complexity index is 398. The Balaban J connectivity index is 2.21. The molecule has 0 amide bonds. The molecular formula is C16H24O2. The summed E-state index contributed by atoms with van der Waals surface area (Å²) in [5, 5.41) is 9.65. The highest BCUT2D eigenvalue weighted by molar-refractivity contribution is 5.43. The minimum Gasteiger partial charge on any atom is -0.508 e. The zero-order chi connectivity index (χ0) is 13.2. The van der Waals surface area contributed by atoms with E-state index in [1.807, 2.05) is 12.1 Å². The van der Waals surface area contributed by atoms with Crippen LogP contribution in [0.25, 0.3) is 0 Å². The van der Waals surface area contributed by atoms with E-state index < -0.39 is 0 Å². The Hall–Kier alpha value is -1.18. The molecule has 1 aromatic carbocycles. The fourth-order valence-electron chi connectivity index (χ4n) is 2.57. The maximum Gasteiger partial charge on any atom is 0.123 e. The van der Waals surface area contributed by atoms with Crippen LogP contribution in [0.2, 0.25) is 0 Å². The van der Waals surface area contributed by atoms with Crippen LogP contribution in [0.5, 0.6) is 11.5 Å². The molecule has 0 aliphatic heterocycles. The molecule has 0 spiro atoms. The highest BCUT2D eigenvalue weighted by Crippen LogP contribution is 2.35. The predicted octanol–water partition coefficient (Wildman–Crippen LogP) is 4.40. The maximum absolute atomic E-state index is 9.65. The van der Waals surface area contributed by atoms with Crippen LogP contribution in [0.4, 0.5) is 0 Å². The molecule has 0 bridgehead atoms. The molecule has 1 aliphatic rings. The molecule has 1 aromatic rings. The lowest BCUT2D eigenvalue weighted by atomic mass is 9.86. The summed E-state index contributed by atoms with van der Waals surface area (Å²) < 4.78 is 6.16. The number of aromatic hydroxyl groups is 1. The van der Waals surface area contributed by atoms with E-state index in [1.165, 1.54) is 19.3 Å². The van der Waals surface area contributed by atoms with Crippen molar-refractivity contribution >= 4 is 0 Å². The van der Waals surface area contributed by atoms with E-state index in [1.54, 1.807) is 6.07 Å². The van der Waals surface area contributed by atoms with Gasteiger partial charge in [0.1, 0.15) is 11.5 Å². The lowest BCUT2D eigenvalue weighted by Crippen LogP contribution is -2.22. The highest BCUT2D eigenvalue weighted by Gasteiger charge is 2.22. The van der Waals surface area contributed by atoms with Crippen molar-refractivity contribution in [3.8, 4) is 11.5 Å². The number of phenols is 1. The highest BCUT2D eigenvalue weighted by atomic mass is 16.5. The lowest BCUT2D eigenvalue weighted by molar-refractivity contribution is 0.152. The van der Waals surface area contributed by atoms with Crippen molar-refractivity contribution < 1.29 is 9.84 Å². The molecule has 2 nitrogen and oxygen atoms in total. The van der Waals surface area contributed by atoms with Gasteiger partial charge in [-0.3, -0.25) is 0 Å². The van der Waals surface area contributed by atoms with Gasteiger partial charge in [0.2, 0.25) is 0 Å². The first kappa shape index (κ1) is 13.3. The van der Waals surface area contributed by atoms with Gasteiger partial charge in [0.05, 0.1) is 6.10 Å². The van der Waals surface area contributed by atoms with Crippen LogP contribution in [-0.2, 0) is 5.41 Å². The largest absolute Gasteiger partial charge is 0.508 e. The molecule has 2 rings (SSSR count). The van der Waals surface area contributed by atoms with Gasteiger partial charge < -0.3 is 9.84 Å². The van der Waals surface area contributed by atoms with Crippen LogP contribution < -0.4 is 4.74 Å². The Morgan fingerprint density at radius 1 is 1.11 bits per heavy atom. The van der Waals surface area contributed by atoms with Crippen LogP contribution in [0, 0.1) is 0 Å². The van der Waals surface area contributed by atoms with Gasteiger partial charge in [-0.15, -0.1) is 0 Å². The molecule has 100 valence electrons. The van der Waals surface area contributed by atoms with Gasteiger partial charge in [-0.25, -0.2) is 0 Å². The molecule has 1 N–H and O–H groups in total. The number of benzene rings is 1. The Labute approximate surface area is 110 Å². The van der Waals surface area contributed by atoms with Crippen LogP contribution in [0.1, 0.15) is 58.4 Å². The maximum atomic E-state index is 9.65. The molecule has 0 atom stereocenters. The molecular weight excluding hydrogens is 224 g/mol. The number of hydrogen-bond acceptors (Lipinski definition) is 2. The lowest BCUT2D eigenvalue weighted by Gasteiger charge is -2.28. The second-order valence-electron chi connectivity index (χ2n) is 6.31. The van der Waals surface area contributed by atoms with Crippen LogP contribution in [0.15, 0.2) is 18.2 Å². The first-order valence-electron chi connectivity index (χ1n) is 6.97. The Morgan fingerprint density at radius 3 is 2.39 bits per heavy atom. The van der Waals surface area contributed by atoms with Gasteiger partial charge in [0, 0.05) is 5.56 Å². The second-order valence-corrected chi connectivity index (χ2v) is 6.31. The summed E-state index contributed by atoms with van der Waals surface area (Å²) in [6, 6.07) is 5.45. The van der Waals surface area contributed by atoms with E-state index >= 15 is 0 Å². The molecule has 0 aromatic heterocycles. The minimum atomic E-state index is -0.0112. The first-order valence-corrected chi connectivity index (χ1v) is 6.97. The summed E-state index contributed by atoms with van der Waals surface area (Å²) in [4.78, 5) is 0. The van der Waals surface area contributed by atoms with Gasteiger partial charge in [-0.1, -0.05) is 27.2 Å². The average molecular weight is 248 g/mol. The second kappa shape index (κ2) is 5.21. The van der Waals surface area contributed by atoms with Crippen molar-refractivity contribution in [3.63, 3.8) is 0 Å². The van der Waals surface area contributed by atoms with Gasteiger partial charge in [-0.2, -0.15) is 0 Å². The van der Waals surface area contributed by atoms with Gasteiger partial charge in [0.15, 0.2) is 0 Å². The van der Waals surface area contributed by atoms with Gasteiger partial charge in [-0.05, 0) is 49.3 Å². The fourth-order valence-corrected chi connectivity index (χ4v) is 2.57. The standard InChI is InChI=1S/C16H24O2/c1-16(2,3)14-11-12(17)9-10-15(14)18-13-7-5-4-6-8-13/h9-11,13,17H,4-8H2,1-3H3. The van der Waals surface area contributed by atoms with Crippen LogP contribution in [0.3, 0.4) is 0 Å². The summed E-state index contributed by atoms with van der Waals surface area (Å²) in [6.45, 7) is 6.44. The van der Waals surface area contributed by atoms with Crippen molar-refractivity contribution in [2.24, 2.45) is 0 Å². The van der Waals surface area contributed by atoms with E-state index in [2.05, 4.69) is 20.8 Å². The molecule has 18 heavy (non-hydrogen) atoms. The molecule has 0 radical (unpaired) electrons. The van der Waals surface area contributed by atoms with E-state index in [9.17, 15) is 5.11 Å². The quantitative estimate of drug-likeness (QED) is 0.840. The van der Waals surface area contributed by atoms with Crippen molar-refractivity contribution in [2.45, 2.75) is 64.4 Å². The van der Waals surface area contributed by atoms with Crippen molar-refractivity contribution in [2.75, 3.05) is 0 Å². The summed E-state index contributed by atoms with van der Waals surface area (Å²) in [7, 11) is 0. The average Bonchev–Trinajstić information content (AvgIpc) is 2.31. The topological polar surface area (TPSA) is 29.5 Å². The van der Waals surface area contributed by atoms with E-state index in [4.69, 9.17) is 4.74 Å². The third-order valence-corrected chi connectivity index (χ3v) is 3.62. The number of ether oxygens (including phenoxy) is 1. The number of hydrogen-bond donors (Lipinski definition) is 1. The summed E-state index contributed by atoms with van der Waals surface area (Å²) in [5.74, 6) is 1.25. The Kier molecular flexibility index (Phi) is 3.84. The first-order chi connectivity index (χ1) is 8.47. The predicted molar refractivity (Wildman–Crippen MR) is 74.3 cm³/mol. The van der Waals surface area contributed by atoms with Gasteiger partial charge in [0.25, 0.3) is 0 Å². The monoisotopic (exact) mass is 248 g/mol. The van der Waals surface area contributed by atoms with Crippen molar-refractivity contribution in [3.05, 3.63) is 23.8 Å². The van der Waals surface area contributed by atoms with Crippen LogP contribution >= 0.6 is 0 Å². The normalized spacial score (nSPS) is 17.7. The third kappa shape index (κ3) is 3.18. The fraction of sp³-hybridized carbons (Fsp3) is 0.625. The van der Waals surface area contributed by atoms with E-state index in [0.717, 1.165) is 24.2 Å². The molecule has 1 aliphatic carbocycles. The number of rotatable bonds is 2. The summed E-state index contributed by atoms with van der Waals surface area (Å²) >= 11 is 0. The molecule has 0 heterocycles. The number of phenolic OH excluding ortho intramolecular Hbond substituents is 1. The molecule has 1 saturated carbocycles. The Morgan fingerprint density at radius 2 is 1.78 bits per heavy atom. The van der Waals surface area contributed by atoms with Crippen molar-refractivity contribution in [1.82, 2.24) is 0 Å². The zero-order valence-corrected chi connectivity index (χ0v) is 11.7. The zero-order valence-electron chi connectivity index (χ0n) is 11.7. The van der Waals surface area contributed by atoms with Crippen LogP contribution in [-0.4, -0.2) is 11.2 Å². The van der Waals surface area contributed by atoms with Crippen molar-refractivity contribution in [1.29, 1.82) is 0 Å². The molecule has 1 fully saturated rings. The SMILES string of the molecule is CC(C)(C)c1cc(O)ccc1OC1CCCCC1.